The zero-order valence-electron chi connectivity index (χ0n) is 25.0. The van der Waals surface area contributed by atoms with E-state index in [-0.39, 0.29) is 37.2 Å². The molecule has 1 saturated heterocycles. The van der Waals surface area contributed by atoms with Gasteiger partial charge in [0.05, 0.1) is 36.5 Å². The molecule has 0 bridgehead atoms. The summed E-state index contributed by atoms with van der Waals surface area (Å²) in [7, 11) is 1.81. The van der Waals surface area contributed by atoms with Crippen LogP contribution in [-0.4, -0.2) is 53.9 Å². The van der Waals surface area contributed by atoms with Gasteiger partial charge in [0.2, 0.25) is 5.16 Å². The number of imide groups is 1. The summed E-state index contributed by atoms with van der Waals surface area (Å²) in [6, 6.07) is 30.6. The Hall–Kier alpha value is -4.68. The van der Waals surface area contributed by atoms with Crippen LogP contribution in [0.1, 0.15) is 61.8 Å². The zero-order chi connectivity index (χ0) is 31.6. The Bertz CT molecular complexity index is 1860. The standard InChI is InChI=1S/C35H31N5O5S/c1-39-35(36-37-38-39)46-21-28-18-31(24-14-12-22(20-41)13-15-24)45-34(44-28)27-9-5-8-26(17-27)25-7-4-6-23(16-25)19-40-32(42)29-10-2-3-11-30(29)33(40)43/h2-17,28,31,34,41H,18-21H2,1H3/t28-,31+,34+/m0/s1. The number of amides is 2. The minimum absolute atomic E-state index is 0.0190. The van der Waals surface area contributed by atoms with Gasteiger partial charge in [0.25, 0.3) is 11.8 Å². The summed E-state index contributed by atoms with van der Waals surface area (Å²) in [5.74, 6) is 0.0883. The Morgan fingerprint density at radius 2 is 1.54 bits per heavy atom. The van der Waals surface area contributed by atoms with E-state index in [4.69, 9.17) is 9.47 Å². The number of carbonyl (C=O) groups excluding carboxylic acids is 2. The first kappa shape index (κ1) is 30.0. The average Bonchev–Trinajstić information content (AvgIpc) is 3.63. The van der Waals surface area contributed by atoms with E-state index < -0.39 is 6.29 Å². The predicted octanol–water partition coefficient (Wildman–Crippen LogP) is 5.50. The fourth-order valence-corrected chi connectivity index (χ4v) is 6.68. The van der Waals surface area contributed by atoms with Crippen molar-refractivity contribution in [2.75, 3.05) is 5.75 Å². The fraction of sp³-hybridized carbons (Fsp3) is 0.229. The van der Waals surface area contributed by atoms with Crippen LogP contribution in [0.15, 0.2) is 102 Å². The van der Waals surface area contributed by atoms with Crippen LogP contribution < -0.4 is 0 Å². The van der Waals surface area contributed by atoms with Gasteiger partial charge in [0, 0.05) is 24.8 Å². The monoisotopic (exact) mass is 633 g/mol. The van der Waals surface area contributed by atoms with Crippen molar-refractivity contribution in [1.29, 1.82) is 0 Å². The van der Waals surface area contributed by atoms with E-state index in [1.54, 1.807) is 28.9 Å². The normalized spacial score (nSPS) is 19.4. The molecule has 0 aliphatic carbocycles. The molecule has 2 amide bonds. The lowest BCUT2D eigenvalue weighted by molar-refractivity contribution is -0.245. The number of nitrogens with zero attached hydrogens (tertiary/aromatic N) is 5. The number of aromatic nitrogens is 4. The molecule has 3 atom stereocenters. The highest BCUT2D eigenvalue weighted by molar-refractivity contribution is 7.99. The molecule has 232 valence electrons. The molecule has 11 heteroatoms. The van der Waals surface area contributed by atoms with Gasteiger partial charge in [0.1, 0.15) is 0 Å². The van der Waals surface area contributed by atoms with E-state index in [0.717, 1.165) is 33.4 Å². The first-order valence-corrected chi connectivity index (χ1v) is 16.0. The second-order valence-corrected chi connectivity index (χ2v) is 12.3. The third-order valence-electron chi connectivity index (χ3n) is 8.23. The van der Waals surface area contributed by atoms with Crippen LogP contribution in [0.3, 0.4) is 0 Å². The number of rotatable bonds is 9. The molecule has 1 aromatic heterocycles. The second kappa shape index (κ2) is 13.0. The molecule has 10 nitrogen and oxygen atoms in total. The maximum atomic E-state index is 13.0. The molecule has 1 fully saturated rings. The van der Waals surface area contributed by atoms with Gasteiger partial charge in [-0.05, 0) is 62.5 Å². The van der Waals surface area contributed by atoms with Crippen molar-refractivity contribution in [2.45, 2.75) is 43.2 Å². The molecular weight excluding hydrogens is 602 g/mol. The van der Waals surface area contributed by atoms with E-state index in [0.29, 0.717) is 28.5 Å². The maximum Gasteiger partial charge on any atom is 0.261 e. The van der Waals surface area contributed by atoms with Crippen molar-refractivity contribution in [1.82, 2.24) is 25.1 Å². The molecule has 0 unspecified atom stereocenters. The number of aliphatic hydroxyl groups excluding tert-OH is 1. The molecular formula is C35H31N5O5S. The van der Waals surface area contributed by atoms with Crippen molar-refractivity contribution < 1.29 is 24.2 Å². The molecule has 1 N–H and O–H groups in total. The first-order chi connectivity index (χ1) is 22.5. The molecule has 7 rings (SSSR count). The number of hydrogen-bond donors (Lipinski definition) is 1. The Balaban J connectivity index is 1.12. The lowest BCUT2D eigenvalue weighted by Crippen LogP contribution is -2.31. The SMILES string of the molecule is Cn1nnnc1SC[C@@H]1C[C@H](c2ccc(CO)cc2)O[C@H](c2cccc(-c3cccc(CN4C(=O)c5ccccc5C4=O)c3)c2)O1. The Morgan fingerprint density at radius 1 is 0.826 bits per heavy atom. The van der Waals surface area contributed by atoms with Crippen LogP contribution in [0.25, 0.3) is 11.1 Å². The van der Waals surface area contributed by atoms with Crippen molar-refractivity contribution in [3.8, 4) is 11.1 Å². The van der Waals surface area contributed by atoms with Crippen molar-refractivity contribution in [2.24, 2.45) is 7.05 Å². The van der Waals surface area contributed by atoms with Crippen molar-refractivity contribution in [3.63, 3.8) is 0 Å². The number of benzene rings is 4. The van der Waals surface area contributed by atoms with Gasteiger partial charge in [-0.1, -0.05) is 84.6 Å². The first-order valence-electron chi connectivity index (χ1n) is 15.0. The maximum absolute atomic E-state index is 13.0. The van der Waals surface area contributed by atoms with E-state index in [2.05, 4.69) is 21.6 Å². The lowest BCUT2D eigenvalue weighted by Gasteiger charge is -2.36. The Kier molecular flexibility index (Phi) is 8.46. The molecule has 0 saturated carbocycles. The number of tetrazole rings is 1. The van der Waals surface area contributed by atoms with Gasteiger partial charge in [-0.2, -0.15) is 0 Å². The topological polar surface area (TPSA) is 120 Å². The smallest absolute Gasteiger partial charge is 0.261 e. The van der Waals surface area contributed by atoms with Crippen LogP contribution in [0.2, 0.25) is 0 Å². The number of aliphatic hydroxyl groups is 1. The molecule has 2 aliphatic heterocycles. The summed E-state index contributed by atoms with van der Waals surface area (Å²) in [4.78, 5) is 27.2. The summed E-state index contributed by atoms with van der Waals surface area (Å²) in [6.07, 6.45) is -0.343. The van der Waals surface area contributed by atoms with Crippen LogP contribution in [0, 0.1) is 0 Å². The summed E-state index contributed by atoms with van der Waals surface area (Å²) in [5, 5.41) is 22.0. The van der Waals surface area contributed by atoms with E-state index in [1.165, 1.54) is 16.7 Å². The number of fused-ring (bicyclic) bond motifs is 1. The summed E-state index contributed by atoms with van der Waals surface area (Å²) in [6.45, 7) is 0.167. The fourth-order valence-electron chi connectivity index (χ4n) is 5.81. The quantitative estimate of drug-likeness (QED) is 0.166. The number of aryl methyl sites for hydroxylation is 1. The Labute approximate surface area is 270 Å². The highest BCUT2D eigenvalue weighted by Gasteiger charge is 2.35. The second-order valence-electron chi connectivity index (χ2n) is 11.3. The molecule has 0 radical (unpaired) electrons. The number of thioether (sulfide) groups is 1. The van der Waals surface area contributed by atoms with E-state index in [9.17, 15) is 14.7 Å². The lowest BCUT2D eigenvalue weighted by atomic mass is 9.99. The zero-order valence-corrected chi connectivity index (χ0v) is 25.8. The van der Waals surface area contributed by atoms with Crippen LogP contribution >= 0.6 is 11.8 Å². The van der Waals surface area contributed by atoms with Gasteiger partial charge in [-0.15, -0.1) is 5.10 Å². The minimum Gasteiger partial charge on any atom is -0.392 e. The molecule has 46 heavy (non-hydrogen) atoms. The third kappa shape index (κ3) is 6.10. The largest absolute Gasteiger partial charge is 0.392 e. The van der Waals surface area contributed by atoms with Crippen molar-refractivity contribution >= 4 is 23.6 Å². The summed E-state index contributed by atoms with van der Waals surface area (Å²) in [5.41, 5.74) is 6.36. The van der Waals surface area contributed by atoms with Crippen LogP contribution in [0.4, 0.5) is 0 Å². The minimum atomic E-state index is -0.624. The third-order valence-corrected chi connectivity index (χ3v) is 9.38. The van der Waals surface area contributed by atoms with Gasteiger partial charge in [-0.25, -0.2) is 4.68 Å². The van der Waals surface area contributed by atoms with E-state index >= 15 is 0 Å². The number of carbonyl (C=O) groups is 2. The van der Waals surface area contributed by atoms with Crippen LogP contribution in [-0.2, 0) is 29.7 Å². The summed E-state index contributed by atoms with van der Waals surface area (Å²) < 4.78 is 14.7. The number of ether oxygens (including phenoxy) is 2. The molecule has 3 heterocycles. The average molecular weight is 634 g/mol. The van der Waals surface area contributed by atoms with Gasteiger partial charge in [0.15, 0.2) is 6.29 Å². The molecule has 0 spiro atoms. The molecule has 4 aromatic carbocycles. The summed E-state index contributed by atoms with van der Waals surface area (Å²) >= 11 is 1.53. The van der Waals surface area contributed by atoms with Crippen molar-refractivity contribution in [3.05, 3.63) is 130 Å². The Morgan fingerprint density at radius 3 is 2.24 bits per heavy atom. The molecule has 5 aromatic rings. The van der Waals surface area contributed by atoms with Gasteiger partial charge < -0.3 is 14.6 Å². The van der Waals surface area contributed by atoms with Crippen LogP contribution in [0.5, 0.6) is 0 Å². The van der Waals surface area contributed by atoms with E-state index in [1.807, 2.05) is 73.8 Å². The van der Waals surface area contributed by atoms with Gasteiger partial charge in [-0.3, -0.25) is 14.5 Å². The predicted molar refractivity (Wildman–Crippen MR) is 170 cm³/mol. The number of hydrogen-bond acceptors (Lipinski definition) is 9. The highest BCUT2D eigenvalue weighted by atomic mass is 32.2. The van der Waals surface area contributed by atoms with Gasteiger partial charge >= 0.3 is 0 Å². The molecule has 2 aliphatic rings. The highest BCUT2D eigenvalue weighted by Crippen LogP contribution is 2.40.